The predicted molar refractivity (Wildman–Crippen MR) is 68.3 cm³/mol. The van der Waals surface area contributed by atoms with Gasteiger partial charge in [-0.25, -0.2) is 8.42 Å². The van der Waals surface area contributed by atoms with E-state index in [9.17, 15) is 8.42 Å². The van der Waals surface area contributed by atoms with Crippen LogP contribution < -0.4 is 5.73 Å². The molecule has 1 unspecified atom stereocenters. The van der Waals surface area contributed by atoms with Gasteiger partial charge in [0.1, 0.15) is 0 Å². The number of hydrogen-bond acceptors (Lipinski definition) is 4. The van der Waals surface area contributed by atoms with E-state index in [2.05, 4.69) is 0 Å². The first-order valence-corrected chi connectivity index (χ1v) is 8.00. The van der Waals surface area contributed by atoms with Gasteiger partial charge in [0, 0.05) is 25.7 Å². The second-order valence-corrected chi connectivity index (χ2v) is 6.40. The maximum atomic E-state index is 12.2. The third-order valence-corrected chi connectivity index (χ3v) is 5.02. The van der Waals surface area contributed by atoms with E-state index in [1.165, 1.54) is 0 Å². The van der Waals surface area contributed by atoms with E-state index in [0.717, 1.165) is 25.7 Å². The summed E-state index contributed by atoms with van der Waals surface area (Å²) in [6, 6.07) is -0.0240. The van der Waals surface area contributed by atoms with Crippen LogP contribution in [0, 0.1) is 0 Å². The highest BCUT2D eigenvalue weighted by molar-refractivity contribution is 7.89. The van der Waals surface area contributed by atoms with Gasteiger partial charge in [-0.3, -0.25) is 0 Å². The molecule has 1 fully saturated rings. The van der Waals surface area contributed by atoms with Gasteiger partial charge in [-0.15, -0.1) is 0 Å². The van der Waals surface area contributed by atoms with Gasteiger partial charge in [0.25, 0.3) is 0 Å². The lowest BCUT2D eigenvalue weighted by Gasteiger charge is -2.28. The van der Waals surface area contributed by atoms with Crippen molar-refractivity contribution in [3.05, 3.63) is 0 Å². The minimum absolute atomic E-state index is 0.0240. The lowest BCUT2D eigenvalue weighted by atomic mass is 10.1. The van der Waals surface area contributed by atoms with Crippen LogP contribution >= 0.6 is 0 Å². The molecule has 0 spiro atoms. The molecule has 0 aromatic carbocycles. The minimum Gasteiger partial charge on any atom is -0.381 e. The van der Waals surface area contributed by atoms with Crippen molar-refractivity contribution in [2.24, 2.45) is 5.73 Å². The molecule has 0 saturated carbocycles. The molecular weight excluding hydrogens is 240 g/mol. The normalized spacial score (nSPS) is 23.5. The Labute approximate surface area is 104 Å². The second kappa shape index (κ2) is 7.31. The fraction of sp³-hybridized carbons (Fsp3) is 1.00. The van der Waals surface area contributed by atoms with Crippen molar-refractivity contribution in [2.75, 3.05) is 32.1 Å². The third kappa shape index (κ3) is 4.54. The van der Waals surface area contributed by atoms with Gasteiger partial charge in [-0.2, -0.15) is 4.31 Å². The molecule has 1 saturated heterocycles. The molecule has 102 valence electrons. The van der Waals surface area contributed by atoms with Crippen LogP contribution in [0.1, 0.15) is 32.6 Å². The van der Waals surface area contributed by atoms with Crippen molar-refractivity contribution in [3.8, 4) is 0 Å². The van der Waals surface area contributed by atoms with Gasteiger partial charge in [0.2, 0.25) is 10.0 Å². The molecule has 0 bridgehead atoms. The molecule has 0 aromatic heterocycles. The summed E-state index contributed by atoms with van der Waals surface area (Å²) in [7, 11) is -3.21. The average molecular weight is 264 g/mol. The number of rotatable bonds is 6. The highest BCUT2D eigenvalue weighted by atomic mass is 32.2. The zero-order valence-corrected chi connectivity index (χ0v) is 11.4. The quantitative estimate of drug-likeness (QED) is 0.711. The fourth-order valence-electron chi connectivity index (χ4n) is 2.18. The highest BCUT2D eigenvalue weighted by Gasteiger charge is 2.29. The molecule has 1 rings (SSSR count). The molecular formula is C11H24N2O3S. The van der Waals surface area contributed by atoms with Crippen LogP contribution in [-0.4, -0.2) is 50.8 Å². The Morgan fingerprint density at radius 1 is 1.35 bits per heavy atom. The largest absolute Gasteiger partial charge is 0.381 e. The lowest BCUT2D eigenvalue weighted by molar-refractivity contribution is 0.162. The van der Waals surface area contributed by atoms with E-state index in [1.54, 1.807) is 4.31 Å². The molecule has 0 radical (unpaired) electrons. The van der Waals surface area contributed by atoms with Gasteiger partial charge in [-0.05, 0) is 19.8 Å². The van der Waals surface area contributed by atoms with Gasteiger partial charge < -0.3 is 10.5 Å². The van der Waals surface area contributed by atoms with E-state index in [4.69, 9.17) is 10.5 Å². The molecule has 0 amide bonds. The van der Waals surface area contributed by atoms with E-state index in [1.807, 2.05) is 6.92 Å². The van der Waals surface area contributed by atoms with Crippen LogP contribution in [-0.2, 0) is 14.8 Å². The van der Waals surface area contributed by atoms with Gasteiger partial charge in [-0.1, -0.05) is 12.8 Å². The number of hydrogen-bond donors (Lipinski definition) is 1. The predicted octanol–water partition coefficient (Wildman–Crippen LogP) is 0.556. The average Bonchev–Trinajstić information content (AvgIpc) is 2.54. The smallest absolute Gasteiger partial charge is 0.216 e. The Bertz CT molecular complexity index is 306. The molecule has 1 heterocycles. The molecule has 6 heteroatoms. The molecule has 17 heavy (non-hydrogen) atoms. The summed E-state index contributed by atoms with van der Waals surface area (Å²) in [6.07, 6.45) is 3.97. The topological polar surface area (TPSA) is 72.6 Å². The molecule has 0 aliphatic carbocycles. The molecule has 5 nitrogen and oxygen atoms in total. The third-order valence-electron chi connectivity index (χ3n) is 3.14. The molecule has 1 aliphatic rings. The Morgan fingerprint density at radius 3 is 2.76 bits per heavy atom. The molecule has 2 N–H and O–H groups in total. The Kier molecular flexibility index (Phi) is 6.40. The first-order valence-electron chi connectivity index (χ1n) is 6.39. The summed E-state index contributed by atoms with van der Waals surface area (Å²) in [5.74, 6) is 0.0668. The van der Waals surface area contributed by atoms with Crippen LogP contribution in [0.15, 0.2) is 0 Å². The Hall–Kier alpha value is -0.170. The second-order valence-electron chi connectivity index (χ2n) is 4.36. The lowest BCUT2D eigenvalue weighted by Crippen LogP contribution is -2.45. The summed E-state index contributed by atoms with van der Waals surface area (Å²) in [4.78, 5) is 0. The van der Waals surface area contributed by atoms with Crippen molar-refractivity contribution in [1.29, 1.82) is 0 Å². The van der Waals surface area contributed by atoms with Gasteiger partial charge in [0.15, 0.2) is 0 Å². The van der Waals surface area contributed by atoms with Crippen LogP contribution in [0.5, 0.6) is 0 Å². The molecule has 1 atom stereocenters. The summed E-state index contributed by atoms with van der Waals surface area (Å²) in [6.45, 7) is 3.70. The first-order chi connectivity index (χ1) is 8.11. The minimum atomic E-state index is -3.21. The SMILES string of the molecule is CCOCCS(=O)(=O)N1CCCCCC1CN. The van der Waals surface area contributed by atoms with Crippen molar-refractivity contribution in [1.82, 2.24) is 4.31 Å². The monoisotopic (exact) mass is 264 g/mol. The summed E-state index contributed by atoms with van der Waals surface area (Å²) in [5, 5.41) is 0. The number of sulfonamides is 1. The summed E-state index contributed by atoms with van der Waals surface area (Å²) in [5.41, 5.74) is 5.68. The molecule has 0 aromatic rings. The maximum Gasteiger partial charge on any atom is 0.216 e. The van der Waals surface area contributed by atoms with Crippen molar-refractivity contribution in [3.63, 3.8) is 0 Å². The number of ether oxygens (including phenoxy) is 1. The summed E-state index contributed by atoms with van der Waals surface area (Å²) >= 11 is 0. The highest BCUT2D eigenvalue weighted by Crippen LogP contribution is 2.19. The van der Waals surface area contributed by atoms with Crippen molar-refractivity contribution >= 4 is 10.0 Å². The number of nitrogens with two attached hydrogens (primary N) is 1. The Balaban J connectivity index is 2.64. The van der Waals surface area contributed by atoms with E-state index < -0.39 is 10.0 Å². The van der Waals surface area contributed by atoms with E-state index in [-0.39, 0.29) is 18.4 Å². The molecule has 1 aliphatic heterocycles. The zero-order chi connectivity index (χ0) is 12.7. The van der Waals surface area contributed by atoms with Crippen LogP contribution in [0.3, 0.4) is 0 Å². The van der Waals surface area contributed by atoms with Crippen LogP contribution in [0.25, 0.3) is 0 Å². The van der Waals surface area contributed by atoms with Gasteiger partial charge in [0.05, 0.1) is 12.4 Å². The van der Waals surface area contributed by atoms with Crippen molar-refractivity contribution < 1.29 is 13.2 Å². The Morgan fingerprint density at radius 2 is 2.12 bits per heavy atom. The fourth-order valence-corrected chi connectivity index (χ4v) is 3.79. The zero-order valence-electron chi connectivity index (χ0n) is 10.6. The van der Waals surface area contributed by atoms with E-state index in [0.29, 0.717) is 19.7 Å². The standard InChI is InChI=1S/C11H24N2O3S/c1-2-16-8-9-17(14,15)13-7-5-3-4-6-11(13)10-12/h11H,2-10,12H2,1H3. The maximum absolute atomic E-state index is 12.2. The van der Waals surface area contributed by atoms with E-state index >= 15 is 0 Å². The number of nitrogens with zero attached hydrogens (tertiary/aromatic N) is 1. The van der Waals surface area contributed by atoms with Crippen LogP contribution in [0.4, 0.5) is 0 Å². The van der Waals surface area contributed by atoms with Crippen molar-refractivity contribution in [2.45, 2.75) is 38.6 Å². The summed E-state index contributed by atoms with van der Waals surface area (Å²) < 4.78 is 31.1. The van der Waals surface area contributed by atoms with Gasteiger partial charge >= 0.3 is 0 Å². The first kappa shape index (κ1) is 14.9. The van der Waals surface area contributed by atoms with Crippen LogP contribution in [0.2, 0.25) is 0 Å².